The largest absolute Gasteiger partial charge is 0.492 e. The normalized spacial score (nSPS) is 10.3. The lowest BCUT2D eigenvalue weighted by atomic mass is 10.2. The molecule has 0 saturated heterocycles. The first-order chi connectivity index (χ1) is 10.6. The Morgan fingerprint density at radius 1 is 1.23 bits per heavy atom. The maximum absolute atomic E-state index is 12.2. The van der Waals surface area contributed by atoms with Gasteiger partial charge in [0.2, 0.25) is 0 Å². The highest BCUT2D eigenvalue weighted by molar-refractivity contribution is 9.10. The van der Waals surface area contributed by atoms with Crippen molar-refractivity contribution in [3.05, 3.63) is 57.5 Å². The molecule has 0 aromatic heterocycles. The van der Waals surface area contributed by atoms with Crippen molar-refractivity contribution < 1.29 is 9.53 Å². The van der Waals surface area contributed by atoms with Crippen molar-refractivity contribution in [2.45, 2.75) is 19.8 Å². The van der Waals surface area contributed by atoms with Crippen LogP contribution in [0.3, 0.4) is 0 Å². The molecular formula is C17H17BrClNO2. The molecule has 0 unspecified atom stereocenters. The molecule has 2 aromatic carbocycles. The molecule has 2 aromatic rings. The van der Waals surface area contributed by atoms with Crippen molar-refractivity contribution in [3.63, 3.8) is 0 Å². The van der Waals surface area contributed by atoms with E-state index in [9.17, 15) is 4.79 Å². The molecule has 22 heavy (non-hydrogen) atoms. The number of rotatable bonds is 6. The second kappa shape index (κ2) is 8.20. The Morgan fingerprint density at radius 2 is 1.95 bits per heavy atom. The molecule has 116 valence electrons. The Bertz CT molecular complexity index is 644. The minimum Gasteiger partial charge on any atom is -0.492 e. The van der Waals surface area contributed by atoms with Gasteiger partial charge in [0.25, 0.3) is 5.91 Å². The van der Waals surface area contributed by atoms with Crippen LogP contribution in [0.5, 0.6) is 5.75 Å². The molecule has 0 radical (unpaired) electrons. The smallest absolute Gasteiger partial charge is 0.255 e. The monoisotopic (exact) mass is 381 g/mol. The summed E-state index contributed by atoms with van der Waals surface area (Å²) in [5, 5.41) is 3.46. The van der Waals surface area contributed by atoms with Gasteiger partial charge >= 0.3 is 0 Å². The molecule has 0 aliphatic carbocycles. The fourth-order valence-electron chi connectivity index (χ4n) is 1.82. The van der Waals surface area contributed by atoms with Gasteiger partial charge in [-0.05, 0) is 64.8 Å². The van der Waals surface area contributed by atoms with Crippen molar-refractivity contribution in [2.24, 2.45) is 0 Å². The third-order valence-corrected chi connectivity index (χ3v) is 3.92. The molecule has 3 nitrogen and oxygen atoms in total. The number of amides is 1. The molecule has 1 amide bonds. The van der Waals surface area contributed by atoms with Crippen LogP contribution < -0.4 is 10.1 Å². The summed E-state index contributed by atoms with van der Waals surface area (Å²) in [6.45, 7) is 2.79. The van der Waals surface area contributed by atoms with E-state index < -0.39 is 0 Å². The van der Waals surface area contributed by atoms with Crippen LogP contribution in [0.1, 0.15) is 30.1 Å². The van der Waals surface area contributed by atoms with E-state index in [0.717, 1.165) is 23.1 Å². The summed E-state index contributed by atoms with van der Waals surface area (Å²) < 4.78 is 6.42. The molecule has 0 bridgehead atoms. The standard InChI is InChI=1S/C17H17BrClNO2/c1-2-3-10-22-16-9-4-12(11-15(16)18)17(21)20-14-7-5-13(19)6-8-14/h4-9,11H,2-3,10H2,1H3,(H,20,21). The Morgan fingerprint density at radius 3 is 2.59 bits per heavy atom. The molecule has 0 spiro atoms. The first kappa shape index (κ1) is 16.8. The number of ether oxygens (including phenoxy) is 1. The summed E-state index contributed by atoms with van der Waals surface area (Å²) in [6.07, 6.45) is 2.09. The maximum Gasteiger partial charge on any atom is 0.255 e. The van der Waals surface area contributed by atoms with Gasteiger partial charge in [0.1, 0.15) is 5.75 Å². The van der Waals surface area contributed by atoms with Gasteiger partial charge in [0, 0.05) is 16.3 Å². The van der Waals surface area contributed by atoms with E-state index >= 15 is 0 Å². The van der Waals surface area contributed by atoms with Gasteiger partial charge in [-0.25, -0.2) is 0 Å². The van der Waals surface area contributed by atoms with Gasteiger partial charge < -0.3 is 10.1 Å². The van der Waals surface area contributed by atoms with Crippen LogP contribution in [0, 0.1) is 0 Å². The number of carbonyl (C=O) groups excluding carboxylic acids is 1. The van der Waals surface area contributed by atoms with Crippen molar-refractivity contribution >= 4 is 39.1 Å². The zero-order chi connectivity index (χ0) is 15.9. The molecule has 0 heterocycles. The molecule has 2 rings (SSSR count). The Hall–Kier alpha value is -1.52. The lowest BCUT2D eigenvalue weighted by Gasteiger charge is -2.10. The van der Waals surface area contributed by atoms with Crippen LogP contribution >= 0.6 is 27.5 Å². The number of halogens is 2. The number of nitrogens with one attached hydrogen (secondary N) is 1. The lowest BCUT2D eigenvalue weighted by Crippen LogP contribution is -2.12. The van der Waals surface area contributed by atoms with Gasteiger partial charge in [-0.1, -0.05) is 24.9 Å². The average Bonchev–Trinajstić information content (AvgIpc) is 2.51. The predicted molar refractivity (Wildman–Crippen MR) is 94.0 cm³/mol. The summed E-state index contributed by atoms with van der Waals surface area (Å²) in [5.41, 5.74) is 1.26. The Labute approximate surface area is 143 Å². The molecular weight excluding hydrogens is 366 g/mol. The highest BCUT2D eigenvalue weighted by atomic mass is 79.9. The van der Waals surface area contributed by atoms with Gasteiger partial charge in [0.05, 0.1) is 11.1 Å². The second-order valence-electron chi connectivity index (χ2n) is 4.81. The van der Waals surface area contributed by atoms with Gasteiger partial charge in [0.15, 0.2) is 0 Å². The van der Waals surface area contributed by atoms with Gasteiger partial charge in [-0.3, -0.25) is 4.79 Å². The van der Waals surface area contributed by atoms with Crippen molar-refractivity contribution in [1.29, 1.82) is 0 Å². The molecule has 0 aliphatic rings. The van der Waals surface area contributed by atoms with E-state index in [1.807, 2.05) is 0 Å². The van der Waals surface area contributed by atoms with Gasteiger partial charge in [-0.15, -0.1) is 0 Å². The van der Waals surface area contributed by atoms with E-state index in [4.69, 9.17) is 16.3 Å². The van der Waals surface area contributed by atoms with Crippen LogP contribution in [-0.4, -0.2) is 12.5 Å². The summed E-state index contributed by atoms with van der Waals surface area (Å²) in [7, 11) is 0. The summed E-state index contributed by atoms with van der Waals surface area (Å²) in [4.78, 5) is 12.2. The van der Waals surface area contributed by atoms with Crippen LogP contribution in [0.2, 0.25) is 5.02 Å². The molecule has 0 saturated carbocycles. The van der Waals surface area contributed by atoms with Crippen LogP contribution in [0.4, 0.5) is 5.69 Å². The van der Waals surface area contributed by atoms with E-state index in [-0.39, 0.29) is 5.91 Å². The third-order valence-electron chi connectivity index (χ3n) is 3.05. The number of carbonyl (C=O) groups is 1. The molecule has 0 atom stereocenters. The van der Waals surface area contributed by atoms with E-state index in [0.29, 0.717) is 22.9 Å². The second-order valence-corrected chi connectivity index (χ2v) is 6.10. The van der Waals surface area contributed by atoms with Gasteiger partial charge in [-0.2, -0.15) is 0 Å². The SMILES string of the molecule is CCCCOc1ccc(C(=O)Nc2ccc(Cl)cc2)cc1Br. The predicted octanol–water partition coefficient (Wildman–Crippen LogP) is 5.53. The van der Waals surface area contributed by atoms with E-state index in [2.05, 4.69) is 28.2 Å². The summed E-state index contributed by atoms with van der Waals surface area (Å²) in [5.74, 6) is 0.569. The fourth-order valence-corrected chi connectivity index (χ4v) is 2.44. The van der Waals surface area contributed by atoms with E-state index in [1.54, 1.807) is 42.5 Å². The minimum absolute atomic E-state index is 0.178. The Balaban J connectivity index is 2.03. The van der Waals surface area contributed by atoms with Crippen LogP contribution in [0.15, 0.2) is 46.9 Å². The molecule has 5 heteroatoms. The van der Waals surface area contributed by atoms with Crippen molar-refractivity contribution in [3.8, 4) is 5.75 Å². The molecule has 1 N–H and O–H groups in total. The third kappa shape index (κ3) is 4.75. The fraction of sp³-hybridized carbons (Fsp3) is 0.235. The highest BCUT2D eigenvalue weighted by Crippen LogP contribution is 2.26. The van der Waals surface area contributed by atoms with Crippen LogP contribution in [-0.2, 0) is 0 Å². The van der Waals surface area contributed by atoms with Crippen LogP contribution in [0.25, 0.3) is 0 Å². The first-order valence-electron chi connectivity index (χ1n) is 7.09. The van der Waals surface area contributed by atoms with Crippen molar-refractivity contribution in [1.82, 2.24) is 0 Å². The highest BCUT2D eigenvalue weighted by Gasteiger charge is 2.09. The average molecular weight is 383 g/mol. The number of hydrogen-bond donors (Lipinski definition) is 1. The first-order valence-corrected chi connectivity index (χ1v) is 8.26. The minimum atomic E-state index is -0.178. The maximum atomic E-state index is 12.2. The zero-order valence-electron chi connectivity index (χ0n) is 12.2. The Kier molecular flexibility index (Phi) is 6.28. The zero-order valence-corrected chi connectivity index (χ0v) is 14.6. The quantitative estimate of drug-likeness (QED) is 0.667. The summed E-state index contributed by atoms with van der Waals surface area (Å²) >= 11 is 9.26. The number of unbranched alkanes of at least 4 members (excludes halogenated alkanes) is 1. The topological polar surface area (TPSA) is 38.3 Å². The van der Waals surface area contributed by atoms with E-state index in [1.165, 1.54) is 0 Å². The number of benzene rings is 2. The summed E-state index contributed by atoms with van der Waals surface area (Å²) in [6, 6.07) is 12.3. The molecule has 0 aliphatic heterocycles. The van der Waals surface area contributed by atoms with Crippen molar-refractivity contribution in [2.75, 3.05) is 11.9 Å². The lowest BCUT2D eigenvalue weighted by molar-refractivity contribution is 0.102. The number of anilines is 1. The number of hydrogen-bond acceptors (Lipinski definition) is 2. The molecule has 0 fully saturated rings.